The molecule has 88 valence electrons. The molecule has 0 saturated carbocycles. The van der Waals surface area contributed by atoms with Gasteiger partial charge in [-0.2, -0.15) is 0 Å². The lowest BCUT2D eigenvalue weighted by Crippen LogP contribution is -2.31. The van der Waals surface area contributed by atoms with Gasteiger partial charge in [0.05, 0.1) is 6.04 Å². The highest BCUT2D eigenvalue weighted by Crippen LogP contribution is 2.41. The van der Waals surface area contributed by atoms with Crippen LogP contribution in [0.2, 0.25) is 0 Å². The van der Waals surface area contributed by atoms with Crippen molar-refractivity contribution in [2.75, 3.05) is 0 Å². The monoisotopic (exact) mass is 227 g/mol. The summed E-state index contributed by atoms with van der Waals surface area (Å²) in [5.41, 5.74) is 9.18. The van der Waals surface area contributed by atoms with Gasteiger partial charge < -0.3 is 10.3 Å². The minimum atomic E-state index is 0.0137. The summed E-state index contributed by atoms with van der Waals surface area (Å²) in [4.78, 5) is 4.40. The van der Waals surface area contributed by atoms with Gasteiger partial charge in [0.1, 0.15) is 5.82 Å². The smallest absolute Gasteiger partial charge is 0.126 e. The number of benzene rings is 1. The van der Waals surface area contributed by atoms with E-state index >= 15 is 0 Å². The number of hydrogen-bond donors (Lipinski definition) is 1. The normalized spacial score (nSPS) is 19.5. The summed E-state index contributed by atoms with van der Waals surface area (Å²) in [6.07, 6.45) is 4.91. The summed E-state index contributed by atoms with van der Waals surface area (Å²) in [7, 11) is 0. The van der Waals surface area contributed by atoms with Crippen LogP contribution in [0.4, 0.5) is 0 Å². The van der Waals surface area contributed by atoms with Crippen LogP contribution in [-0.2, 0) is 13.0 Å². The summed E-state index contributed by atoms with van der Waals surface area (Å²) in [5, 5.41) is 0. The molecule has 0 saturated heterocycles. The third-order valence-electron chi connectivity index (χ3n) is 3.71. The summed E-state index contributed by atoms with van der Waals surface area (Å²) >= 11 is 0. The average molecular weight is 227 g/mol. The van der Waals surface area contributed by atoms with Crippen LogP contribution in [0.1, 0.15) is 35.8 Å². The second-order valence-electron chi connectivity index (χ2n) is 4.61. The topological polar surface area (TPSA) is 43.8 Å². The Hall–Kier alpha value is -1.61. The van der Waals surface area contributed by atoms with Crippen molar-refractivity contribution in [3.05, 3.63) is 53.6 Å². The van der Waals surface area contributed by atoms with Crippen LogP contribution in [0.15, 0.2) is 36.7 Å². The maximum Gasteiger partial charge on any atom is 0.126 e. The van der Waals surface area contributed by atoms with Gasteiger partial charge >= 0.3 is 0 Å². The minimum absolute atomic E-state index is 0.0137. The lowest BCUT2D eigenvalue weighted by atomic mass is 9.73. The zero-order valence-electron chi connectivity index (χ0n) is 10.0. The van der Waals surface area contributed by atoms with Gasteiger partial charge in [-0.3, -0.25) is 0 Å². The molecule has 0 bridgehead atoms. The van der Waals surface area contributed by atoms with E-state index in [0.717, 1.165) is 18.8 Å². The standard InChI is InChI=1S/C14H17N3/c1-2-17-8-7-16-14(17)13(15)12-9-10-5-3-4-6-11(10)12/h3-8,12-13H,2,9,15H2,1H3. The van der Waals surface area contributed by atoms with Crippen molar-refractivity contribution in [2.24, 2.45) is 5.73 Å². The minimum Gasteiger partial charge on any atom is -0.334 e. The Kier molecular flexibility index (Phi) is 2.48. The Labute approximate surface area is 101 Å². The molecule has 1 aromatic carbocycles. The molecule has 0 fully saturated rings. The first-order valence-corrected chi connectivity index (χ1v) is 6.15. The van der Waals surface area contributed by atoms with E-state index < -0.39 is 0 Å². The fourth-order valence-corrected chi connectivity index (χ4v) is 2.68. The first-order valence-electron chi connectivity index (χ1n) is 6.15. The van der Waals surface area contributed by atoms with E-state index in [1.165, 1.54) is 11.1 Å². The Morgan fingerprint density at radius 3 is 3.06 bits per heavy atom. The lowest BCUT2D eigenvalue weighted by molar-refractivity contribution is 0.462. The van der Waals surface area contributed by atoms with E-state index in [-0.39, 0.29) is 6.04 Å². The highest BCUT2D eigenvalue weighted by Gasteiger charge is 2.33. The van der Waals surface area contributed by atoms with Crippen molar-refractivity contribution in [2.45, 2.75) is 31.8 Å². The van der Waals surface area contributed by atoms with E-state index in [9.17, 15) is 0 Å². The van der Waals surface area contributed by atoms with Crippen molar-refractivity contribution in [3.8, 4) is 0 Å². The van der Waals surface area contributed by atoms with Gasteiger partial charge in [-0.1, -0.05) is 24.3 Å². The fraction of sp³-hybridized carbons (Fsp3) is 0.357. The molecule has 2 N–H and O–H groups in total. The van der Waals surface area contributed by atoms with Gasteiger partial charge in [0.2, 0.25) is 0 Å². The largest absolute Gasteiger partial charge is 0.334 e. The molecule has 0 radical (unpaired) electrons. The highest BCUT2D eigenvalue weighted by atomic mass is 15.1. The quantitative estimate of drug-likeness (QED) is 0.874. The molecule has 3 nitrogen and oxygen atoms in total. The number of aromatic nitrogens is 2. The van der Waals surface area contributed by atoms with Crippen LogP contribution in [-0.4, -0.2) is 9.55 Å². The molecule has 3 rings (SSSR count). The van der Waals surface area contributed by atoms with Crippen LogP contribution in [0, 0.1) is 0 Å². The Morgan fingerprint density at radius 1 is 1.47 bits per heavy atom. The van der Waals surface area contributed by atoms with Crippen molar-refractivity contribution in [3.63, 3.8) is 0 Å². The molecule has 2 aromatic rings. The van der Waals surface area contributed by atoms with Crippen molar-refractivity contribution in [1.29, 1.82) is 0 Å². The van der Waals surface area contributed by atoms with E-state index in [0.29, 0.717) is 5.92 Å². The molecular weight excluding hydrogens is 210 g/mol. The van der Waals surface area contributed by atoms with Gasteiger partial charge in [-0.15, -0.1) is 0 Å². The molecule has 3 heteroatoms. The molecule has 17 heavy (non-hydrogen) atoms. The summed E-state index contributed by atoms with van der Waals surface area (Å²) in [6, 6.07) is 8.56. The molecule has 1 heterocycles. The third kappa shape index (κ3) is 1.58. The summed E-state index contributed by atoms with van der Waals surface area (Å²) in [6.45, 7) is 3.05. The molecule has 1 aliphatic carbocycles. The number of aryl methyl sites for hydroxylation is 1. The molecule has 0 aliphatic heterocycles. The van der Waals surface area contributed by atoms with Gasteiger partial charge in [-0.05, 0) is 24.5 Å². The highest BCUT2D eigenvalue weighted by molar-refractivity contribution is 5.41. The van der Waals surface area contributed by atoms with E-state index in [4.69, 9.17) is 5.73 Å². The number of rotatable bonds is 3. The summed E-state index contributed by atoms with van der Waals surface area (Å²) < 4.78 is 2.13. The van der Waals surface area contributed by atoms with Gasteiger partial charge in [0, 0.05) is 24.9 Å². The molecule has 1 aliphatic rings. The van der Waals surface area contributed by atoms with Crippen molar-refractivity contribution in [1.82, 2.24) is 9.55 Å². The maximum atomic E-state index is 6.35. The molecule has 2 unspecified atom stereocenters. The second-order valence-corrected chi connectivity index (χ2v) is 4.61. The van der Waals surface area contributed by atoms with Crippen LogP contribution in [0.5, 0.6) is 0 Å². The number of nitrogens with zero attached hydrogens (tertiary/aromatic N) is 2. The SMILES string of the molecule is CCn1ccnc1C(N)C1Cc2ccccc21. The van der Waals surface area contributed by atoms with Crippen molar-refractivity contribution >= 4 is 0 Å². The number of imidazole rings is 1. The molecule has 0 amide bonds. The number of fused-ring (bicyclic) bond motifs is 1. The van der Waals surface area contributed by atoms with Crippen LogP contribution in [0.25, 0.3) is 0 Å². The Bertz CT molecular complexity index is 530. The Morgan fingerprint density at radius 2 is 2.29 bits per heavy atom. The van der Waals surface area contributed by atoms with E-state index in [1.807, 2.05) is 12.4 Å². The van der Waals surface area contributed by atoms with Gasteiger partial charge in [0.25, 0.3) is 0 Å². The second kappa shape index (κ2) is 4.00. The van der Waals surface area contributed by atoms with Crippen LogP contribution < -0.4 is 5.73 Å². The molecular formula is C14H17N3. The maximum absolute atomic E-state index is 6.35. The predicted molar refractivity (Wildman–Crippen MR) is 67.7 cm³/mol. The fourth-order valence-electron chi connectivity index (χ4n) is 2.68. The zero-order chi connectivity index (χ0) is 11.8. The summed E-state index contributed by atoms with van der Waals surface area (Å²) in [5.74, 6) is 1.44. The van der Waals surface area contributed by atoms with E-state index in [2.05, 4.69) is 40.7 Å². The Balaban J connectivity index is 1.88. The van der Waals surface area contributed by atoms with Crippen LogP contribution in [0.3, 0.4) is 0 Å². The first-order chi connectivity index (χ1) is 8.31. The third-order valence-corrected chi connectivity index (χ3v) is 3.71. The molecule has 0 spiro atoms. The van der Waals surface area contributed by atoms with Gasteiger partial charge in [0.15, 0.2) is 0 Å². The van der Waals surface area contributed by atoms with Crippen LogP contribution >= 0.6 is 0 Å². The average Bonchev–Trinajstić information content (AvgIpc) is 2.78. The molecule has 1 aromatic heterocycles. The lowest BCUT2D eigenvalue weighted by Gasteiger charge is -2.34. The number of nitrogens with two attached hydrogens (primary N) is 1. The predicted octanol–water partition coefficient (Wildman–Crippen LogP) is 2.24. The zero-order valence-corrected chi connectivity index (χ0v) is 10.0. The molecule has 2 atom stereocenters. The van der Waals surface area contributed by atoms with E-state index in [1.54, 1.807) is 0 Å². The first kappa shape index (κ1) is 10.5. The van der Waals surface area contributed by atoms with Crippen molar-refractivity contribution < 1.29 is 0 Å². The number of hydrogen-bond acceptors (Lipinski definition) is 2. The van der Waals surface area contributed by atoms with Gasteiger partial charge in [-0.25, -0.2) is 4.98 Å².